The number of thiophene rings is 1. The van der Waals surface area contributed by atoms with Gasteiger partial charge in [0.25, 0.3) is 0 Å². The van der Waals surface area contributed by atoms with Gasteiger partial charge >= 0.3 is 0 Å². The summed E-state index contributed by atoms with van der Waals surface area (Å²) in [5.41, 5.74) is 4.07. The van der Waals surface area contributed by atoms with Crippen LogP contribution in [0.4, 0.5) is 0 Å². The first kappa shape index (κ1) is 14.1. The first-order chi connectivity index (χ1) is 9.75. The van der Waals surface area contributed by atoms with Crippen LogP contribution >= 0.6 is 23.1 Å². The van der Waals surface area contributed by atoms with Crippen LogP contribution in [0.2, 0.25) is 0 Å². The lowest BCUT2D eigenvalue weighted by Gasteiger charge is -2.20. The SMILES string of the molecule is CN(C)CCOC1c2ccccc2CSc2sccc21. The van der Waals surface area contributed by atoms with E-state index in [4.69, 9.17) is 4.74 Å². The molecule has 0 spiro atoms. The Hall–Kier alpha value is -0.810. The Balaban J connectivity index is 1.90. The molecule has 2 nitrogen and oxygen atoms in total. The Morgan fingerprint density at radius 3 is 2.90 bits per heavy atom. The summed E-state index contributed by atoms with van der Waals surface area (Å²) in [4.78, 5) is 2.16. The van der Waals surface area contributed by atoms with Crippen molar-refractivity contribution in [2.45, 2.75) is 16.1 Å². The van der Waals surface area contributed by atoms with E-state index >= 15 is 0 Å². The Morgan fingerprint density at radius 2 is 2.05 bits per heavy atom. The number of fused-ring (bicyclic) bond motifs is 2. The molecule has 1 aliphatic rings. The molecule has 20 heavy (non-hydrogen) atoms. The number of benzene rings is 1. The van der Waals surface area contributed by atoms with Gasteiger partial charge in [-0.05, 0) is 36.7 Å². The molecule has 1 unspecified atom stereocenters. The largest absolute Gasteiger partial charge is 0.367 e. The average Bonchev–Trinajstić information content (AvgIpc) is 2.84. The fraction of sp³-hybridized carbons (Fsp3) is 0.375. The highest BCUT2D eigenvalue weighted by molar-refractivity contribution is 8.00. The summed E-state index contributed by atoms with van der Waals surface area (Å²) < 4.78 is 7.64. The molecule has 1 aromatic heterocycles. The van der Waals surface area contributed by atoms with Gasteiger partial charge < -0.3 is 9.64 Å². The smallest absolute Gasteiger partial charge is 0.110 e. The van der Waals surface area contributed by atoms with E-state index in [1.54, 1.807) is 0 Å². The molecule has 0 fully saturated rings. The van der Waals surface area contributed by atoms with Crippen LogP contribution in [0.1, 0.15) is 22.8 Å². The molecule has 106 valence electrons. The van der Waals surface area contributed by atoms with Crippen LogP contribution in [-0.4, -0.2) is 32.1 Å². The van der Waals surface area contributed by atoms with Gasteiger partial charge in [0, 0.05) is 17.9 Å². The maximum absolute atomic E-state index is 6.24. The predicted octanol–water partition coefficient (Wildman–Crippen LogP) is 4.02. The first-order valence-electron chi connectivity index (χ1n) is 6.80. The second-order valence-corrected chi connectivity index (χ2v) is 7.37. The second-order valence-electron chi connectivity index (χ2n) is 5.20. The van der Waals surface area contributed by atoms with Gasteiger partial charge in [-0.25, -0.2) is 0 Å². The van der Waals surface area contributed by atoms with Gasteiger partial charge in [-0.1, -0.05) is 24.3 Å². The zero-order chi connectivity index (χ0) is 13.9. The molecule has 2 aromatic rings. The van der Waals surface area contributed by atoms with Gasteiger partial charge in [-0.15, -0.1) is 23.1 Å². The molecule has 0 saturated carbocycles. The van der Waals surface area contributed by atoms with Gasteiger partial charge in [-0.2, -0.15) is 0 Å². The van der Waals surface area contributed by atoms with Crippen LogP contribution in [0.3, 0.4) is 0 Å². The summed E-state index contributed by atoms with van der Waals surface area (Å²) in [6.07, 6.45) is 0.0856. The molecular formula is C16H19NOS2. The highest BCUT2D eigenvalue weighted by Gasteiger charge is 2.25. The van der Waals surface area contributed by atoms with Crippen molar-refractivity contribution in [1.29, 1.82) is 0 Å². The Kier molecular flexibility index (Phi) is 4.46. The summed E-state index contributed by atoms with van der Waals surface area (Å²) in [6.45, 7) is 1.71. The maximum Gasteiger partial charge on any atom is 0.110 e. The van der Waals surface area contributed by atoms with E-state index in [9.17, 15) is 0 Å². The van der Waals surface area contributed by atoms with Crippen molar-refractivity contribution in [1.82, 2.24) is 4.90 Å². The van der Waals surface area contributed by atoms with Gasteiger partial charge in [0.15, 0.2) is 0 Å². The predicted molar refractivity (Wildman–Crippen MR) is 86.7 cm³/mol. The summed E-state index contributed by atoms with van der Waals surface area (Å²) in [7, 11) is 4.16. The van der Waals surface area contributed by atoms with Crippen LogP contribution in [0.5, 0.6) is 0 Å². The van der Waals surface area contributed by atoms with E-state index < -0.39 is 0 Å². The van der Waals surface area contributed by atoms with Gasteiger partial charge in [0.2, 0.25) is 0 Å². The van der Waals surface area contributed by atoms with Crippen LogP contribution < -0.4 is 0 Å². The molecule has 0 amide bonds. The number of hydrogen-bond acceptors (Lipinski definition) is 4. The molecular weight excluding hydrogens is 286 g/mol. The molecule has 0 saturated heterocycles. The topological polar surface area (TPSA) is 12.5 Å². The van der Waals surface area contributed by atoms with Crippen LogP contribution in [0.15, 0.2) is 39.9 Å². The molecule has 0 radical (unpaired) electrons. The molecule has 1 aliphatic heterocycles. The summed E-state index contributed by atoms with van der Waals surface area (Å²) in [5.74, 6) is 1.04. The van der Waals surface area contributed by atoms with Crippen molar-refractivity contribution in [3.05, 3.63) is 52.4 Å². The molecule has 1 atom stereocenters. The lowest BCUT2D eigenvalue weighted by atomic mass is 9.99. The molecule has 1 aromatic carbocycles. The first-order valence-corrected chi connectivity index (χ1v) is 8.66. The van der Waals surface area contributed by atoms with Crippen LogP contribution in [-0.2, 0) is 10.5 Å². The zero-order valence-corrected chi connectivity index (χ0v) is 13.5. The molecule has 0 aliphatic carbocycles. The van der Waals surface area contributed by atoms with Crippen molar-refractivity contribution < 1.29 is 4.74 Å². The van der Waals surface area contributed by atoms with E-state index in [0.29, 0.717) is 0 Å². The number of hydrogen-bond donors (Lipinski definition) is 0. The molecule has 4 heteroatoms. The van der Waals surface area contributed by atoms with Crippen LogP contribution in [0, 0.1) is 0 Å². The molecule has 2 heterocycles. The third kappa shape index (κ3) is 2.93. The summed E-state index contributed by atoms with van der Waals surface area (Å²) in [6, 6.07) is 10.9. The standard InChI is InChI=1S/C16H19NOS2/c1-17(2)8-9-18-15-13-6-4-3-5-12(13)11-20-16-14(15)7-10-19-16/h3-7,10,15H,8-9,11H2,1-2H3. The van der Waals surface area contributed by atoms with E-state index in [1.165, 1.54) is 20.9 Å². The Bertz CT molecular complexity index is 579. The van der Waals surface area contributed by atoms with Gasteiger partial charge in [0.05, 0.1) is 10.8 Å². The van der Waals surface area contributed by atoms with E-state index in [0.717, 1.165) is 18.9 Å². The van der Waals surface area contributed by atoms with Gasteiger partial charge in [-0.3, -0.25) is 0 Å². The third-order valence-electron chi connectivity index (χ3n) is 3.46. The Labute approximate surface area is 128 Å². The normalized spacial score (nSPS) is 17.6. The number of rotatable bonds is 4. The van der Waals surface area contributed by atoms with E-state index in [1.807, 2.05) is 23.1 Å². The summed E-state index contributed by atoms with van der Waals surface area (Å²) in [5, 5.41) is 2.17. The second kappa shape index (κ2) is 6.31. The summed E-state index contributed by atoms with van der Waals surface area (Å²) >= 11 is 3.76. The minimum absolute atomic E-state index is 0.0856. The van der Waals surface area contributed by atoms with Gasteiger partial charge in [0.1, 0.15) is 6.10 Å². The Morgan fingerprint density at radius 1 is 1.20 bits per heavy atom. The highest BCUT2D eigenvalue weighted by atomic mass is 32.2. The van der Waals surface area contributed by atoms with E-state index in [-0.39, 0.29) is 6.10 Å². The number of thioether (sulfide) groups is 1. The fourth-order valence-corrected chi connectivity index (χ4v) is 4.54. The van der Waals surface area contributed by atoms with Crippen molar-refractivity contribution >= 4 is 23.1 Å². The minimum Gasteiger partial charge on any atom is -0.367 e. The number of likely N-dealkylation sites (N-methyl/N-ethyl adjacent to an activating group) is 1. The number of ether oxygens (including phenoxy) is 1. The molecule has 0 bridgehead atoms. The lowest BCUT2D eigenvalue weighted by Crippen LogP contribution is -2.20. The zero-order valence-electron chi connectivity index (χ0n) is 11.8. The lowest BCUT2D eigenvalue weighted by molar-refractivity contribution is 0.0674. The average molecular weight is 305 g/mol. The molecule has 0 N–H and O–H groups in total. The quantitative estimate of drug-likeness (QED) is 0.846. The van der Waals surface area contributed by atoms with Crippen molar-refractivity contribution in [3.8, 4) is 0 Å². The maximum atomic E-state index is 6.24. The highest BCUT2D eigenvalue weighted by Crippen LogP contribution is 2.43. The van der Waals surface area contributed by atoms with Crippen molar-refractivity contribution in [3.63, 3.8) is 0 Å². The number of nitrogens with zero attached hydrogens (tertiary/aromatic N) is 1. The monoisotopic (exact) mass is 305 g/mol. The van der Waals surface area contributed by atoms with Crippen LogP contribution in [0.25, 0.3) is 0 Å². The third-order valence-corrected chi connectivity index (χ3v) is 5.78. The fourth-order valence-electron chi connectivity index (χ4n) is 2.38. The van der Waals surface area contributed by atoms with Crippen molar-refractivity contribution in [2.24, 2.45) is 0 Å². The van der Waals surface area contributed by atoms with Crippen molar-refractivity contribution in [2.75, 3.05) is 27.2 Å². The minimum atomic E-state index is 0.0856. The van der Waals surface area contributed by atoms with E-state index in [2.05, 4.69) is 54.7 Å². The molecule has 3 rings (SSSR count).